The van der Waals surface area contributed by atoms with Gasteiger partial charge in [-0.15, -0.1) is 11.3 Å². The minimum atomic E-state index is 0.626. The van der Waals surface area contributed by atoms with Crippen molar-refractivity contribution in [1.82, 2.24) is 4.98 Å². The fraction of sp³-hybridized carbons (Fsp3) is 0.125. The van der Waals surface area contributed by atoms with Gasteiger partial charge in [-0.1, -0.05) is 23.7 Å². The van der Waals surface area contributed by atoms with Crippen molar-refractivity contribution in [1.29, 1.82) is 0 Å². The highest BCUT2D eigenvalue weighted by Gasteiger charge is 1.95. The second-order valence-corrected chi connectivity index (χ2v) is 7.42. The van der Waals surface area contributed by atoms with Crippen molar-refractivity contribution in [3.8, 4) is 0 Å². The molecular weight excluding hydrogens is 384 g/mol. The van der Waals surface area contributed by atoms with E-state index in [1.165, 1.54) is 10.3 Å². The number of fused-ring (bicyclic) bond motifs is 1. The summed E-state index contributed by atoms with van der Waals surface area (Å²) in [5.74, 6) is 0. The second-order valence-electron chi connectivity index (χ2n) is 4.62. The Labute approximate surface area is 160 Å². The van der Waals surface area contributed by atoms with Gasteiger partial charge < -0.3 is 10.7 Å². The number of anilines is 1. The lowest BCUT2D eigenvalue weighted by Crippen LogP contribution is -1.85. The molecule has 0 bridgehead atoms. The molecular formula is C16H15ClN2S4. The Bertz CT molecular complexity index is 877. The van der Waals surface area contributed by atoms with Crippen molar-refractivity contribution in [2.75, 3.05) is 5.73 Å². The van der Waals surface area contributed by atoms with Crippen LogP contribution in [0.1, 0.15) is 11.1 Å². The predicted octanol–water partition coefficient (Wildman–Crippen LogP) is 6.52. The lowest BCUT2D eigenvalue weighted by molar-refractivity contribution is 1.43. The van der Waals surface area contributed by atoms with Crippen LogP contribution in [0.5, 0.6) is 0 Å². The number of hydrogen-bond acceptors (Lipinski definition) is 5. The molecule has 2 nitrogen and oxygen atoms in total. The third-order valence-corrected chi connectivity index (χ3v) is 4.29. The van der Waals surface area contributed by atoms with Gasteiger partial charge in [0.2, 0.25) is 0 Å². The molecule has 0 unspecified atom stereocenters. The molecule has 0 saturated carbocycles. The summed E-state index contributed by atoms with van der Waals surface area (Å²) in [6, 6.07) is 11.9. The van der Waals surface area contributed by atoms with Gasteiger partial charge >= 0.3 is 0 Å². The molecule has 1 heterocycles. The Kier molecular flexibility index (Phi) is 8.55. The summed E-state index contributed by atoms with van der Waals surface area (Å²) < 4.78 is 4.01. The van der Waals surface area contributed by atoms with E-state index < -0.39 is 0 Å². The van der Waals surface area contributed by atoms with Crippen molar-refractivity contribution in [3.63, 3.8) is 0 Å². The third kappa shape index (κ3) is 6.87. The van der Waals surface area contributed by atoms with E-state index in [0.29, 0.717) is 10.7 Å². The monoisotopic (exact) mass is 398 g/mol. The number of benzene rings is 2. The fourth-order valence-electron chi connectivity index (χ4n) is 1.73. The smallest absolute Gasteiger partial charge is 0.159 e. The Morgan fingerprint density at radius 1 is 1.09 bits per heavy atom. The average molecular weight is 399 g/mol. The summed E-state index contributed by atoms with van der Waals surface area (Å²) in [6.07, 6.45) is 0. The molecule has 0 spiro atoms. The van der Waals surface area contributed by atoms with Gasteiger partial charge in [0.15, 0.2) is 3.95 Å². The molecule has 2 aromatic carbocycles. The molecule has 1 aromatic heterocycles. The number of nitrogens with two attached hydrogens (primary N) is 1. The van der Waals surface area contributed by atoms with Crippen LogP contribution in [0.3, 0.4) is 0 Å². The number of nitrogen functional groups attached to an aromatic ring is 1. The molecule has 120 valence electrons. The van der Waals surface area contributed by atoms with Gasteiger partial charge in [-0.25, -0.2) is 0 Å². The highest BCUT2D eigenvalue weighted by Crippen LogP contribution is 2.20. The number of rotatable bonds is 0. The van der Waals surface area contributed by atoms with E-state index in [1.54, 1.807) is 17.4 Å². The van der Waals surface area contributed by atoms with E-state index in [4.69, 9.17) is 29.6 Å². The lowest BCUT2D eigenvalue weighted by Gasteiger charge is -1.96. The summed E-state index contributed by atoms with van der Waals surface area (Å²) in [4.78, 5) is 3.13. The van der Waals surface area contributed by atoms with Crippen LogP contribution in [0.15, 0.2) is 36.4 Å². The normalized spacial score (nSPS) is 9.17. The minimum absolute atomic E-state index is 0.626. The summed E-state index contributed by atoms with van der Waals surface area (Å²) in [7, 11) is 0. The molecule has 0 radical (unpaired) electrons. The van der Waals surface area contributed by atoms with Crippen molar-refractivity contribution < 1.29 is 0 Å². The first-order chi connectivity index (χ1) is 10.9. The topological polar surface area (TPSA) is 41.8 Å². The molecule has 3 rings (SSSR count). The molecule has 0 amide bonds. The van der Waals surface area contributed by atoms with Gasteiger partial charge in [0.25, 0.3) is 0 Å². The number of aryl methyl sites for hydroxylation is 2. The van der Waals surface area contributed by atoms with Gasteiger partial charge in [-0.3, -0.25) is 0 Å². The minimum Gasteiger partial charge on any atom is -0.398 e. The molecule has 0 aliphatic heterocycles. The molecule has 7 heteroatoms. The number of H-pyrrole nitrogens is 1. The zero-order valence-electron chi connectivity index (χ0n) is 12.6. The van der Waals surface area contributed by atoms with Crippen LogP contribution >= 0.6 is 59.6 Å². The van der Waals surface area contributed by atoms with Gasteiger partial charge in [0.05, 0.1) is 20.9 Å². The van der Waals surface area contributed by atoms with Crippen LogP contribution in [0.2, 0.25) is 5.02 Å². The maximum atomic E-state index is 5.66. The first-order valence-corrected chi connectivity index (χ1v) is 8.89. The van der Waals surface area contributed by atoms with Crippen LogP contribution in [0.25, 0.3) is 10.2 Å². The van der Waals surface area contributed by atoms with Crippen LogP contribution in [-0.4, -0.2) is 9.30 Å². The van der Waals surface area contributed by atoms with Gasteiger partial charge in [0, 0.05) is 4.31 Å². The van der Waals surface area contributed by atoms with E-state index in [1.807, 2.05) is 23.4 Å². The zero-order chi connectivity index (χ0) is 17.4. The highest BCUT2D eigenvalue weighted by molar-refractivity contribution is 7.93. The second kappa shape index (κ2) is 9.88. The third-order valence-electron chi connectivity index (χ3n) is 2.73. The summed E-state index contributed by atoms with van der Waals surface area (Å²) in [5, 5.41) is 0.626. The highest BCUT2D eigenvalue weighted by atomic mass is 35.5. The first kappa shape index (κ1) is 19.9. The van der Waals surface area contributed by atoms with Crippen LogP contribution in [0, 0.1) is 17.8 Å². The molecule has 23 heavy (non-hydrogen) atoms. The predicted molar refractivity (Wildman–Crippen MR) is 113 cm³/mol. The SMILES string of the molecule is Cc1ccc(Cl)c(N)c1.Cc1ccc2sc(=S)[nH]c2c1.S=C=S. The van der Waals surface area contributed by atoms with Crippen molar-refractivity contribution in [2.45, 2.75) is 13.8 Å². The number of hydrogen-bond donors (Lipinski definition) is 2. The van der Waals surface area contributed by atoms with Crippen molar-refractivity contribution in [2.24, 2.45) is 0 Å². The molecule has 0 aliphatic rings. The number of nitrogens with one attached hydrogen (secondary N) is 1. The number of thiocarbonyl (C=S) groups is 2. The maximum Gasteiger partial charge on any atom is 0.159 e. The van der Waals surface area contributed by atoms with Gasteiger partial charge in [0.1, 0.15) is 0 Å². The van der Waals surface area contributed by atoms with Gasteiger partial charge in [-0.2, -0.15) is 0 Å². The average Bonchev–Trinajstić information content (AvgIpc) is 2.84. The van der Waals surface area contributed by atoms with E-state index >= 15 is 0 Å². The van der Waals surface area contributed by atoms with E-state index in [-0.39, 0.29) is 0 Å². The van der Waals surface area contributed by atoms with E-state index in [2.05, 4.69) is 54.5 Å². The largest absolute Gasteiger partial charge is 0.398 e. The number of aromatic nitrogens is 1. The molecule has 3 N–H and O–H groups in total. The maximum absolute atomic E-state index is 5.66. The quantitative estimate of drug-likeness (QED) is 0.334. The Hall–Kier alpha value is -1.14. The molecule has 3 aromatic rings. The van der Waals surface area contributed by atoms with E-state index in [0.717, 1.165) is 15.0 Å². The number of aromatic amines is 1. The van der Waals surface area contributed by atoms with Crippen molar-refractivity contribution in [3.05, 3.63) is 56.5 Å². The summed E-state index contributed by atoms with van der Waals surface area (Å²) in [5.41, 5.74) is 9.69. The Balaban J connectivity index is 0.000000200. The Morgan fingerprint density at radius 2 is 1.65 bits per heavy atom. The molecule has 0 atom stereocenters. The van der Waals surface area contributed by atoms with Crippen molar-refractivity contribution >= 4 is 79.8 Å². The lowest BCUT2D eigenvalue weighted by atomic mass is 10.2. The standard InChI is InChI=1S/C8H7NS2.C7H8ClN.CS2/c1-5-2-3-7-6(4-5)9-8(10)11-7;1-5-2-3-6(8)7(9)4-5;2-1-3/h2-4H,1H3,(H,9,10);2-4H,9H2,1H3;. The zero-order valence-corrected chi connectivity index (χ0v) is 16.6. The summed E-state index contributed by atoms with van der Waals surface area (Å²) >= 11 is 20.2. The molecule has 0 aliphatic carbocycles. The molecule has 0 saturated heterocycles. The summed E-state index contributed by atoms with van der Waals surface area (Å²) in [6.45, 7) is 4.06. The molecule has 0 fully saturated rings. The Morgan fingerprint density at radius 3 is 2.22 bits per heavy atom. The van der Waals surface area contributed by atoms with Gasteiger partial charge in [-0.05, 0) is 85.9 Å². The first-order valence-electron chi connectivity index (χ1n) is 6.47. The van der Waals surface area contributed by atoms with Crippen LogP contribution in [-0.2, 0) is 0 Å². The fourth-order valence-corrected chi connectivity index (χ4v) is 2.94. The van der Waals surface area contributed by atoms with Crippen LogP contribution < -0.4 is 5.73 Å². The number of halogens is 1. The van der Waals surface area contributed by atoms with E-state index in [9.17, 15) is 0 Å². The van der Waals surface area contributed by atoms with Crippen LogP contribution in [0.4, 0.5) is 5.69 Å². The number of thiazole rings is 1.